The number of nitrogens with zero attached hydrogens (tertiary/aromatic N) is 4. The van der Waals surface area contributed by atoms with Crippen LogP contribution in [0.1, 0.15) is 55.9 Å². The molecule has 2 aromatic rings. The largest absolute Gasteiger partial charge is 0.338 e. The van der Waals surface area contributed by atoms with Gasteiger partial charge in [0.1, 0.15) is 0 Å². The number of aromatic nitrogens is 4. The van der Waals surface area contributed by atoms with Crippen molar-refractivity contribution in [1.29, 1.82) is 0 Å². The first-order valence-electron chi connectivity index (χ1n) is 7.20. The van der Waals surface area contributed by atoms with Crippen molar-refractivity contribution in [3.05, 3.63) is 29.7 Å². The second-order valence-electron chi connectivity index (χ2n) is 5.73. The summed E-state index contributed by atoms with van der Waals surface area (Å²) in [5, 5.41) is 11.8. The number of aryl methyl sites for hydroxylation is 1. The molecule has 6 nitrogen and oxygen atoms in total. The lowest BCUT2D eigenvalue weighted by Gasteiger charge is -2.20. The summed E-state index contributed by atoms with van der Waals surface area (Å²) >= 11 is 0. The van der Waals surface area contributed by atoms with E-state index < -0.39 is 0 Å². The van der Waals surface area contributed by atoms with Crippen LogP contribution in [0, 0.1) is 6.92 Å². The lowest BCUT2D eigenvalue weighted by Crippen LogP contribution is -2.33. The van der Waals surface area contributed by atoms with Crippen LogP contribution in [0.3, 0.4) is 0 Å². The zero-order chi connectivity index (χ0) is 14.1. The predicted molar refractivity (Wildman–Crippen MR) is 74.2 cm³/mol. The van der Waals surface area contributed by atoms with Crippen molar-refractivity contribution in [2.75, 3.05) is 0 Å². The van der Waals surface area contributed by atoms with E-state index >= 15 is 0 Å². The maximum Gasteiger partial charge on any atom is 0.240 e. The van der Waals surface area contributed by atoms with Gasteiger partial charge in [0.15, 0.2) is 5.82 Å². The van der Waals surface area contributed by atoms with Gasteiger partial charge in [-0.05, 0) is 39.2 Å². The van der Waals surface area contributed by atoms with Crippen molar-refractivity contribution < 1.29 is 4.52 Å². The molecule has 6 heteroatoms. The van der Waals surface area contributed by atoms with E-state index in [1.165, 1.54) is 18.4 Å². The van der Waals surface area contributed by atoms with Crippen molar-refractivity contribution in [2.45, 2.75) is 58.2 Å². The molecule has 0 amide bonds. The van der Waals surface area contributed by atoms with Gasteiger partial charge in [-0.25, -0.2) is 0 Å². The average Bonchev–Trinajstić information content (AvgIpc) is 3.03. The second kappa shape index (κ2) is 5.36. The van der Waals surface area contributed by atoms with Crippen molar-refractivity contribution in [1.82, 2.24) is 25.2 Å². The highest BCUT2D eigenvalue weighted by Gasteiger charge is 2.28. The van der Waals surface area contributed by atoms with Crippen molar-refractivity contribution in [3.63, 3.8) is 0 Å². The van der Waals surface area contributed by atoms with Crippen LogP contribution in [-0.4, -0.2) is 26.0 Å². The summed E-state index contributed by atoms with van der Waals surface area (Å²) < 4.78 is 7.24. The molecule has 1 aliphatic carbocycles. The molecule has 1 aliphatic rings. The summed E-state index contributed by atoms with van der Waals surface area (Å²) in [6, 6.07) is 0.542. The average molecular weight is 275 g/mol. The minimum atomic E-state index is 0.269. The SMILES string of the molecule is Cc1cnn([C@@H](C)[C@H](C)NCc2nc(C3CC3)no2)c1. The summed E-state index contributed by atoms with van der Waals surface area (Å²) in [5.74, 6) is 2.07. The molecular formula is C14H21N5O. The first kappa shape index (κ1) is 13.3. The van der Waals surface area contributed by atoms with Gasteiger partial charge < -0.3 is 9.84 Å². The molecule has 0 bridgehead atoms. The fourth-order valence-corrected chi connectivity index (χ4v) is 2.15. The topological polar surface area (TPSA) is 68.8 Å². The number of rotatable bonds is 6. The number of nitrogens with one attached hydrogen (secondary N) is 1. The Bertz CT molecular complexity index is 572. The van der Waals surface area contributed by atoms with Gasteiger partial charge in [-0.3, -0.25) is 4.68 Å². The van der Waals surface area contributed by atoms with Gasteiger partial charge in [-0.15, -0.1) is 0 Å². The van der Waals surface area contributed by atoms with Gasteiger partial charge in [0.25, 0.3) is 0 Å². The van der Waals surface area contributed by atoms with Crippen LogP contribution in [0.5, 0.6) is 0 Å². The normalized spacial score (nSPS) is 18.1. The molecule has 3 rings (SSSR count). The van der Waals surface area contributed by atoms with Gasteiger partial charge in [-0.2, -0.15) is 10.1 Å². The maximum atomic E-state index is 5.26. The highest BCUT2D eigenvalue weighted by molar-refractivity contribution is 5.03. The van der Waals surface area contributed by atoms with Gasteiger partial charge in [0.05, 0.1) is 18.8 Å². The molecule has 1 saturated carbocycles. The minimum Gasteiger partial charge on any atom is -0.338 e. The molecule has 2 heterocycles. The highest BCUT2D eigenvalue weighted by atomic mass is 16.5. The third-order valence-corrected chi connectivity index (χ3v) is 3.87. The molecule has 0 aliphatic heterocycles. The first-order valence-corrected chi connectivity index (χ1v) is 7.20. The summed E-state index contributed by atoms with van der Waals surface area (Å²) in [7, 11) is 0. The Labute approximate surface area is 118 Å². The molecule has 0 aromatic carbocycles. The molecule has 0 unspecified atom stereocenters. The van der Waals surface area contributed by atoms with E-state index in [2.05, 4.69) is 40.6 Å². The summed E-state index contributed by atoms with van der Waals surface area (Å²) in [4.78, 5) is 4.42. The molecule has 1 fully saturated rings. The smallest absolute Gasteiger partial charge is 0.240 e. The molecule has 2 aromatic heterocycles. The van der Waals surface area contributed by atoms with Crippen LogP contribution in [0.4, 0.5) is 0 Å². The van der Waals surface area contributed by atoms with Crippen LogP contribution in [0.25, 0.3) is 0 Å². The highest BCUT2D eigenvalue weighted by Crippen LogP contribution is 2.38. The maximum absolute atomic E-state index is 5.26. The molecule has 20 heavy (non-hydrogen) atoms. The summed E-state index contributed by atoms with van der Waals surface area (Å²) in [6.07, 6.45) is 6.32. The fraction of sp³-hybridized carbons (Fsp3) is 0.643. The molecule has 2 atom stereocenters. The van der Waals surface area contributed by atoms with Gasteiger partial charge in [0, 0.05) is 18.2 Å². The molecule has 0 spiro atoms. The lowest BCUT2D eigenvalue weighted by atomic mass is 10.2. The lowest BCUT2D eigenvalue weighted by molar-refractivity contribution is 0.323. The quantitative estimate of drug-likeness (QED) is 0.875. The van der Waals surface area contributed by atoms with Crippen LogP contribution in [-0.2, 0) is 6.54 Å². The Hall–Kier alpha value is -1.69. The Balaban J connectivity index is 1.53. The van der Waals surface area contributed by atoms with Crippen molar-refractivity contribution in [2.24, 2.45) is 0 Å². The van der Waals surface area contributed by atoms with Crippen LogP contribution < -0.4 is 5.32 Å². The number of hydrogen-bond donors (Lipinski definition) is 1. The van der Waals surface area contributed by atoms with Crippen molar-refractivity contribution in [3.8, 4) is 0 Å². The Kier molecular flexibility index (Phi) is 3.56. The third-order valence-electron chi connectivity index (χ3n) is 3.87. The van der Waals surface area contributed by atoms with Gasteiger partial charge in [0.2, 0.25) is 5.89 Å². The molecule has 0 saturated heterocycles. The molecule has 108 valence electrons. The zero-order valence-corrected chi connectivity index (χ0v) is 12.2. The third kappa shape index (κ3) is 2.90. The van der Waals surface area contributed by atoms with E-state index in [0.29, 0.717) is 18.4 Å². The Morgan fingerprint density at radius 2 is 2.25 bits per heavy atom. The predicted octanol–water partition coefficient (Wildman–Crippen LogP) is 2.19. The Morgan fingerprint density at radius 3 is 2.90 bits per heavy atom. The van der Waals surface area contributed by atoms with Crippen molar-refractivity contribution >= 4 is 0 Å². The van der Waals surface area contributed by atoms with Gasteiger partial charge in [-0.1, -0.05) is 5.16 Å². The summed E-state index contributed by atoms with van der Waals surface area (Å²) in [5.41, 5.74) is 1.18. The van der Waals surface area contributed by atoms with E-state index in [-0.39, 0.29) is 12.1 Å². The standard InChI is InChI=1S/C14H21N5O/c1-9-6-16-19(8-9)11(3)10(2)15-7-13-17-14(18-20-13)12-4-5-12/h6,8,10-12,15H,4-5,7H2,1-3H3/t10-,11-/m0/s1. The van der Waals surface area contributed by atoms with E-state index in [1.807, 2.05) is 17.8 Å². The molecule has 0 radical (unpaired) electrons. The Morgan fingerprint density at radius 1 is 1.45 bits per heavy atom. The second-order valence-corrected chi connectivity index (χ2v) is 5.73. The monoisotopic (exact) mass is 275 g/mol. The van der Waals surface area contributed by atoms with Gasteiger partial charge >= 0.3 is 0 Å². The zero-order valence-electron chi connectivity index (χ0n) is 12.2. The van der Waals surface area contributed by atoms with E-state index in [4.69, 9.17) is 4.52 Å². The van der Waals surface area contributed by atoms with E-state index in [0.717, 1.165) is 5.82 Å². The van der Waals surface area contributed by atoms with Crippen LogP contribution >= 0.6 is 0 Å². The molecule has 1 N–H and O–H groups in total. The van der Waals surface area contributed by atoms with E-state index in [9.17, 15) is 0 Å². The van der Waals surface area contributed by atoms with Crippen LogP contribution in [0.2, 0.25) is 0 Å². The number of hydrogen-bond acceptors (Lipinski definition) is 5. The van der Waals surface area contributed by atoms with Crippen LogP contribution in [0.15, 0.2) is 16.9 Å². The van der Waals surface area contributed by atoms with E-state index in [1.54, 1.807) is 0 Å². The first-order chi connectivity index (χ1) is 9.63. The molecular weight excluding hydrogens is 254 g/mol. The fourth-order valence-electron chi connectivity index (χ4n) is 2.15. The summed E-state index contributed by atoms with van der Waals surface area (Å²) in [6.45, 7) is 6.94. The minimum absolute atomic E-state index is 0.269.